The number of fused-ring (bicyclic) bond motifs is 1. The Kier molecular flexibility index (Phi) is 8.82. The molecule has 12 nitrogen and oxygen atoms in total. The molecule has 3 heterocycles. The second kappa shape index (κ2) is 12.5. The fourth-order valence-electron chi connectivity index (χ4n) is 5.24. The van der Waals surface area contributed by atoms with Gasteiger partial charge in [-0.15, -0.1) is 0 Å². The molecule has 2 atom stereocenters. The number of benzene rings is 2. The fraction of sp³-hybridized carbons (Fsp3) is 0.414. The third-order valence-corrected chi connectivity index (χ3v) is 7.74. The summed E-state index contributed by atoms with van der Waals surface area (Å²) in [5.74, 6) is -1.36. The first-order chi connectivity index (χ1) is 20.6. The van der Waals surface area contributed by atoms with Crippen LogP contribution >= 0.6 is 11.6 Å². The van der Waals surface area contributed by atoms with Crippen LogP contribution in [0, 0.1) is 17.1 Å². The van der Waals surface area contributed by atoms with Gasteiger partial charge in [0.15, 0.2) is 6.10 Å². The molecule has 2 aliphatic heterocycles. The van der Waals surface area contributed by atoms with Crippen LogP contribution in [-0.2, 0) is 20.8 Å². The first kappa shape index (κ1) is 30.2. The van der Waals surface area contributed by atoms with E-state index in [-0.39, 0.29) is 65.6 Å². The number of nitrogens with zero attached hydrogens (tertiary/aromatic N) is 4. The van der Waals surface area contributed by atoms with E-state index in [1.54, 1.807) is 13.8 Å². The smallest absolute Gasteiger partial charge is 0.331 e. The van der Waals surface area contributed by atoms with Gasteiger partial charge in [-0.1, -0.05) is 11.6 Å². The molecule has 2 saturated heterocycles. The number of hydrogen-bond acceptors (Lipinski definition) is 7. The number of nitrogens with one attached hydrogen (secondary N) is 2. The quantitative estimate of drug-likeness (QED) is 0.433. The van der Waals surface area contributed by atoms with Gasteiger partial charge in [0.05, 0.1) is 53.0 Å². The van der Waals surface area contributed by atoms with Crippen LogP contribution in [0.15, 0.2) is 39.9 Å². The summed E-state index contributed by atoms with van der Waals surface area (Å²) >= 11 is 6.04. The molecule has 226 valence electrons. The molecule has 14 heteroatoms. The molecule has 2 fully saturated rings. The van der Waals surface area contributed by atoms with Crippen molar-refractivity contribution < 1.29 is 23.5 Å². The van der Waals surface area contributed by atoms with E-state index in [9.17, 15) is 19.2 Å². The Balaban J connectivity index is 1.36. The molecule has 0 bridgehead atoms. The summed E-state index contributed by atoms with van der Waals surface area (Å²) in [6.07, 6.45) is 0.251. The number of hydrogen-bond donors (Lipinski definition) is 2. The normalized spacial score (nSPS) is 18.6. The second-order valence-corrected chi connectivity index (χ2v) is 11.1. The van der Waals surface area contributed by atoms with E-state index in [0.29, 0.717) is 12.3 Å². The van der Waals surface area contributed by atoms with Gasteiger partial charge in [0.25, 0.3) is 11.5 Å². The van der Waals surface area contributed by atoms with Gasteiger partial charge in [-0.05, 0) is 51.0 Å². The van der Waals surface area contributed by atoms with Crippen LogP contribution in [0.3, 0.4) is 0 Å². The van der Waals surface area contributed by atoms with Gasteiger partial charge >= 0.3 is 11.7 Å². The summed E-state index contributed by atoms with van der Waals surface area (Å²) in [5, 5.41) is 14.4. The number of urea groups is 1. The number of halogens is 2. The predicted octanol–water partition coefficient (Wildman–Crippen LogP) is 3.46. The highest BCUT2D eigenvalue weighted by Gasteiger charge is 2.30. The molecule has 3 aromatic rings. The number of morpholine rings is 1. The van der Waals surface area contributed by atoms with Gasteiger partial charge in [-0.25, -0.2) is 14.0 Å². The Morgan fingerprint density at radius 1 is 1.16 bits per heavy atom. The van der Waals surface area contributed by atoms with Crippen LogP contribution in [0.25, 0.3) is 10.9 Å². The highest BCUT2D eigenvalue weighted by atomic mass is 35.5. The van der Waals surface area contributed by atoms with E-state index in [2.05, 4.69) is 10.6 Å². The molecular weight excluding hydrogens is 583 g/mol. The van der Waals surface area contributed by atoms with Gasteiger partial charge < -0.3 is 25.0 Å². The van der Waals surface area contributed by atoms with Crippen molar-refractivity contribution >= 4 is 45.8 Å². The SMILES string of the molecule is CC(C)n1c(=O)n(C[C@@H]2CCCO2)c(=O)c2cc(NC(=O)N3CCOC(C(=O)Nc4ccc(C#N)c(Cl)c4)C3)c(F)cc21. The van der Waals surface area contributed by atoms with E-state index < -0.39 is 35.1 Å². The lowest BCUT2D eigenvalue weighted by atomic mass is 10.1. The van der Waals surface area contributed by atoms with E-state index in [0.717, 1.165) is 23.5 Å². The number of rotatable bonds is 6. The molecule has 2 aliphatic rings. The number of anilines is 2. The number of aromatic nitrogens is 2. The Morgan fingerprint density at radius 3 is 2.63 bits per heavy atom. The zero-order valence-corrected chi connectivity index (χ0v) is 24.3. The number of carbonyl (C=O) groups excluding carboxylic acids is 2. The molecule has 1 unspecified atom stereocenters. The molecule has 0 saturated carbocycles. The predicted molar refractivity (Wildman–Crippen MR) is 157 cm³/mol. The summed E-state index contributed by atoms with van der Waals surface area (Å²) in [6.45, 7) is 4.21. The van der Waals surface area contributed by atoms with E-state index in [4.69, 9.17) is 26.3 Å². The lowest BCUT2D eigenvalue weighted by molar-refractivity contribution is -0.131. The fourth-order valence-corrected chi connectivity index (χ4v) is 5.46. The zero-order valence-electron chi connectivity index (χ0n) is 23.6. The molecule has 2 N–H and O–H groups in total. The van der Waals surface area contributed by atoms with Gasteiger partial charge in [0.1, 0.15) is 11.9 Å². The molecule has 0 spiro atoms. The summed E-state index contributed by atoms with van der Waals surface area (Å²) in [7, 11) is 0. The number of ether oxygens (including phenoxy) is 2. The van der Waals surface area contributed by atoms with Crippen LogP contribution in [0.1, 0.15) is 38.3 Å². The van der Waals surface area contributed by atoms with Crippen molar-refractivity contribution in [3.63, 3.8) is 0 Å². The van der Waals surface area contributed by atoms with Gasteiger partial charge in [0.2, 0.25) is 0 Å². The number of carbonyl (C=O) groups is 2. The molecule has 43 heavy (non-hydrogen) atoms. The molecule has 1 aromatic heterocycles. The van der Waals surface area contributed by atoms with Crippen LogP contribution < -0.4 is 21.9 Å². The summed E-state index contributed by atoms with van der Waals surface area (Å²) < 4.78 is 29.0. The van der Waals surface area contributed by atoms with Crippen LogP contribution in [0.4, 0.5) is 20.6 Å². The topological polar surface area (TPSA) is 148 Å². The summed E-state index contributed by atoms with van der Waals surface area (Å²) in [4.78, 5) is 54.0. The standard InChI is InChI=1S/C29H30ClFN6O6/c1-16(2)37-24-12-22(31)23(11-20(24)27(39)36(29(37)41)14-19-4-3-8-42-19)34-28(40)35-7-9-43-25(15-35)26(38)33-18-6-5-17(13-32)21(30)10-18/h5-6,10-12,16,19,25H,3-4,7-9,14-15H2,1-2H3,(H,33,38)(H,34,40)/t19-,25?/m0/s1. The van der Waals surface area contributed by atoms with Crippen molar-refractivity contribution in [1.29, 1.82) is 5.26 Å². The van der Waals surface area contributed by atoms with E-state index in [1.165, 1.54) is 33.7 Å². The molecule has 0 aliphatic carbocycles. The second-order valence-electron chi connectivity index (χ2n) is 10.7. The minimum atomic E-state index is -1.03. The van der Waals surface area contributed by atoms with Crippen LogP contribution in [-0.4, -0.2) is 64.5 Å². The van der Waals surface area contributed by atoms with Crippen molar-refractivity contribution in [3.8, 4) is 6.07 Å². The molecular formula is C29H30ClFN6O6. The maximum Gasteiger partial charge on any atom is 0.331 e. The Morgan fingerprint density at radius 2 is 1.95 bits per heavy atom. The highest BCUT2D eigenvalue weighted by molar-refractivity contribution is 6.32. The van der Waals surface area contributed by atoms with Gasteiger partial charge in [-0.3, -0.25) is 18.7 Å². The van der Waals surface area contributed by atoms with Crippen molar-refractivity contribution in [3.05, 3.63) is 67.6 Å². The van der Waals surface area contributed by atoms with Crippen LogP contribution in [0.5, 0.6) is 0 Å². The summed E-state index contributed by atoms with van der Waals surface area (Å²) in [6, 6.07) is 7.59. The van der Waals surface area contributed by atoms with Crippen molar-refractivity contribution in [2.24, 2.45) is 0 Å². The largest absolute Gasteiger partial charge is 0.376 e. The van der Waals surface area contributed by atoms with Crippen molar-refractivity contribution in [2.75, 3.05) is 36.9 Å². The monoisotopic (exact) mass is 612 g/mol. The minimum Gasteiger partial charge on any atom is -0.376 e. The highest BCUT2D eigenvalue weighted by Crippen LogP contribution is 2.24. The van der Waals surface area contributed by atoms with E-state index in [1.807, 2.05) is 6.07 Å². The average Bonchev–Trinajstić information content (AvgIpc) is 3.49. The number of amides is 3. The minimum absolute atomic E-state index is 0.0500. The van der Waals surface area contributed by atoms with Crippen molar-refractivity contribution in [2.45, 2.75) is 51.5 Å². The van der Waals surface area contributed by atoms with Gasteiger partial charge in [-0.2, -0.15) is 5.26 Å². The first-order valence-corrected chi connectivity index (χ1v) is 14.2. The zero-order chi connectivity index (χ0) is 30.8. The first-order valence-electron chi connectivity index (χ1n) is 13.9. The maximum absolute atomic E-state index is 15.3. The van der Waals surface area contributed by atoms with Crippen molar-refractivity contribution in [1.82, 2.24) is 14.0 Å². The summed E-state index contributed by atoms with van der Waals surface area (Å²) in [5.41, 5.74) is -0.676. The Labute approximate surface area is 250 Å². The Bertz CT molecular complexity index is 1740. The van der Waals surface area contributed by atoms with Gasteiger partial charge in [0, 0.05) is 30.9 Å². The molecule has 2 aromatic carbocycles. The lowest BCUT2D eigenvalue weighted by Crippen LogP contribution is -2.51. The lowest BCUT2D eigenvalue weighted by Gasteiger charge is -2.32. The molecule has 0 radical (unpaired) electrons. The maximum atomic E-state index is 15.3. The molecule has 5 rings (SSSR count). The number of nitriles is 1. The average molecular weight is 613 g/mol. The Hall–Kier alpha value is -4.25. The third kappa shape index (κ3) is 6.27. The third-order valence-electron chi connectivity index (χ3n) is 7.43. The van der Waals surface area contributed by atoms with Crippen LogP contribution in [0.2, 0.25) is 5.02 Å². The molecule has 3 amide bonds. The van der Waals surface area contributed by atoms with E-state index >= 15 is 4.39 Å².